The maximum Gasteiger partial charge on any atom is 0.319 e. The summed E-state index contributed by atoms with van der Waals surface area (Å²) in [6.45, 7) is 1.88. The Bertz CT molecular complexity index is 1270. The number of carbonyl (C=O) groups excluding carboxylic acids is 1. The number of amides is 2. The number of aromatic hydroxyl groups is 1. The van der Waals surface area contributed by atoms with Crippen LogP contribution in [0.2, 0.25) is 5.02 Å². The molecule has 0 spiro atoms. The minimum absolute atomic E-state index is 0.0309. The number of pyridine rings is 1. The lowest BCUT2D eigenvalue weighted by atomic mass is 10.0. The molecule has 3 aromatic rings. The summed E-state index contributed by atoms with van der Waals surface area (Å²) < 4.78 is 6.56. The number of aliphatic carboxylic acids is 1. The molecule has 2 amide bonds. The summed E-state index contributed by atoms with van der Waals surface area (Å²) in [5.41, 5.74) is 1.01. The second kappa shape index (κ2) is 10.8. The van der Waals surface area contributed by atoms with Gasteiger partial charge in [-0.2, -0.15) is 0 Å². The van der Waals surface area contributed by atoms with Crippen LogP contribution in [0.3, 0.4) is 0 Å². The number of benzene rings is 2. The second-order valence-electron chi connectivity index (χ2n) is 7.59. The van der Waals surface area contributed by atoms with Gasteiger partial charge in [-0.3, -0.25) is 9.59 Å². The maximum absolute atomic E-state index is 13.0. The molecule has 0 bridgehead atoms. The molecular formula is C24H24ClN3O6. The van der Waals surface area contributed by atoms with E-state index in [9.17, 15) is 24.6 Å². The number of aryl methyl sites for hydroxylation is 1. The van der Waals surface area contributed by atoms with Crippen LogP contribution in [-0.2, 0) is 11.3 Å². The van der Waals surface area contributed by atoms with Crippen molar-refractivity contribution in [3.8, 4) is 11.5 Å². The van der Waals surface area contributed by atoms with E-state index in [0.717, 1.165) is 5.56 Å². The molecule has 0 radical (unpaired) electrons. The minimum Gasteiger partial charge on any atom is -0.505 e. The van der Waals surface area contributed by atoms with Crippen LogP contribution < -0.4 is 20.9 Å². The number of carboxylic acid groups (broad SMARTS) is 1. The van der Waals surface area contributed by atoms with Crippen LogP contribution in [0.25, 0.3) is 0 Å². The van der Waals surface area contributed by atoms with E-state index >= 15 is 0 Å². The average molecular weight is 486 g/mol. The summed E-state index contributed by atoms with van der Waals surface area (Å²) in [6.07, 6.45) is 0.998. The highest BCUT2D eigenvalue weighted by molar-refractivity contribution is 6.31. The predicted octanol–water partition coefficient (Wildman–Crippen LogP) is 3.91. The maximum atomic E-state index is 13.0. The molecule has 0 saturated heterocycles. The van der Waals surface area contributed by atoms with E-state index in [2.05, 4.69) is 10.6 Å². The van der Waals surface area contributed by atoms with Gasteiger partial charge in [-0.25, -0.2) is 4.79 Å². The van der Waals surface area contributed by atoms with Crippen LogP contribution in [0.5, 0.6) is 11.5 Å². The Hall–Kier alpha value is -3.98. The first-order chi connectivity index (χ1) is 16.2. The standard InChI is InChI=1S/C24H24ClN3O6/c1-14-5-3-6-15(11-14)18(12-21(30)31)26-24(33)27-22-19(29)9-10-28(23(22)32)13-16-17(25)7-4-8-20(16)34-2/h3-11,18,29H,12-13H2,1-2H3,(H,30,31)(H2,26,27,33)/t18-/m0/s1. The topological polar surface area (TPSA) is 130 Å². The van der Waals surface area contributed by atoms with Crippen molar-refractivity contribution in [1.82, 2.24) is 9.88 Å². The molecule has 9 nitrogen and oxygen atoms in total. The highest BCUT2D eigenvalue weighted by atomic mass is 35.5. The fourth-order valence-electron chi connectivity index (χ4n) is 3.48. The molecule has 1 heterocycles. The Morgan fingerprint density at radius 3 is 2.59 bits per heavy atom. The van der Waals surface area contributed by atoms with Crippen molar-refractivity contribution >= 4 is 29.3 Å². The zero-order chi connectivity index (χ0) is 24.8. The molecule has 178 valence electrons. The molecule has 0 aliphatic heterocycles. The lowest BCUT2D eigenvalue weighted by Crippen LogP contribution is -2.36. The van der Waals surface area contributed by atoms with Gasteiger partial charge in [0.15, 0.2) is 5.69 Å². The minimum atomic E-state index is -1.11. The van der Waals surface area contributed by atoms with Crippen LogP contribution in [0.4, 0.5) is 10.5 Å². The van der Waals surface area contributed by atoms with Gasteiger partial charge in [0.1, 0.15) is 11.5 Å². The largest absolute Gasteiger partial charge is 0.505 e. The quantitative estimate of drug-likeness (QED) is 0.382. The second-order valence-corrected chi connectivity index (χ2v) is 8.00. The third kappa shape index (κ3) is 5.87. The van der Waals surface area contributed by atoms with Crippen molar-refractivity contribution in [1.29, 1.82) is 0 Å². The number of rotatable bonds is 8. The molecule has 0 saturated carbocycles. The van der Waals surface area contributed by atoms with Gasteiger partial charge in [-0.05, 0) is 30.7 Å². The number of aromatic nitrogens is 1. The van der Waals surface area contributed by atoms with Crippen LogP contribution in [0.15, 0.2) is 59.5 Å². The van der Waals surface area contributed by atoms with Gasteiger partial charge < -0.3 is 30.2 Å². The van der Waals surface area contributed by atoms with E-state index in [1.165, 1.54) is 23.9 Å². The van der Waals surface area contributed by atoms with Crippen molar-refractivity contribution in [2.75, 3.05) is 12.4 Å². The van der Waals surface area contributed by atoms with E-state index in [1.807, 2.05) is 13.0 Å². The lowest BCUT2D eigenvalue weighted by molar-refractivity contribution is -0.137. The van der Waals surface area contributed by atoms with E-state index in [0.29, 0.717) is 21.9 Å². The molecule has 0 unspecified atom stereocenters. The van der Waals surface area contributed by atoms with Gasteiger partial charge in [-0.15, -0.1) is 0 Å². The zero-order valence-corrected chi connectivity index (χ0v) is 19.3. The molecule has 2 aromatic carbocycles. The summed E-state index contributed by atoms with van der Waals surface area (Å²) in [5.74, 6) is -1.06. The number of anilines is 1. The van der Waals surface area contributed by atoms with Gasteiger partial charge in [0.2, 0.25) is 0 Å². The highest BCUT2D eigenvalue weighted by Gasteiger charge is 2.21. The Balaban J connectivity index is 1.85. The SMILES string of the molecule is COc1cccc(Cl)c1Cn1ccc(O)c(NC(=O)N[C@@H](CC(=O)O)c2cccc(C)c2)c1=O. The fourth-order valence-corrected chi connectivity index (χ4v) is 3.71. The first-order valence-electron chi connectivity index (χ1n) is 10.3. The first-order valence-corrected chi connectivity index (χ1v) is 10.7. The van der Waals surface area contributed by atoms with Gasteiger partial charge in [0, 0.05) is 16.8 Å². The van der Waals surface area contributed by atoms with Gasteiger partial charge in [0.05, 0.1) is 26.1 Å². The van der Waals surface area contributed by atoms with Crippen LogP contribution in [-0.4, -0.2) is 33.9 Å². The van der Waals surface area contributed by atoms with Crippen LogP contribution in [0.1, 0.15) is 29.2 Å². The van der Waals surface area contributed by atoms with Gasteiger partial charge in [-0.1, -0.05) is 47.5 Å². The summed E-state index contributed by atoms with van der Waals surface area (Å²) in [7, 11) is 1.48. The molecule has 4 N–H and O–H groups in total. The van der Waals surface area contributed by atoms with Crippen LogP contribution in [0, 0.1) is 6.92 Å². The Morgan fingerprint density at radius 2 is 1.91 bits per heavy atom. The molecular weight excluding hydrogens is 462 g/mol. The molecule has 0 aliphatic carbocycles. The van der Waals surface area contributed by atoms with E-state index < -0.39 is 29.4 Å². The zero-order valence-electron chi connectivity index (χ0n) is 18.5. The number of hydrogen-bond donors (Lipinski definition) is 4. The van der Waals surface area contributed by atoms with Crippen molar-refractivity contribution < 1.29 is 24.5 Å². The summed E-state index contributed by atoms with van der Waals surface area (Å²) in [5, 5.41) is 24.8. The highest BCUT2D eigenvalue weighted by Crippen LogP contribution is 2.27. The van der Waals surface area contributed by atoms with Crippen molar-refractivity contribution in [2.24, 2.45) is 0 Å². The number of carbonyl (C=O) groups is 2. The van der Waals surface area contributed by atoms with Crippen molar-refractivity contribution in [3.05, 3.63) is 86.8 Å². The monoisotopic (exact) mass is 485 g/mol. The van der Waals surface area contributed by atoms with Gasteiger partial charge >= 0.3 is 12.0 Å². The predicted molar refractivity (Wildman–Crippen MR) is 128 cm³/mol. The molecule has 34 heavy (non-hydrogen) atoms. The van der Waals surface area contributed by atoms with E-state index in [1.54, 1.807) is 36.4 Å². The molecule has 10 heteroatoms. The fraction of sp³-hybridized carbons (Fsp3) is 0.208. The Morgan fingerprint density at radius 1 is 1.18 bits per heavy atom. The average Bonchev–Trinajstić information content (AvgIpc) is 2.78. The summed E-state index contributed by atoms with van der Waals surface area (Å²) >= 11 is 6.26. The number of nitrogens with one attached hydrogen (secondary N) is 2. The number of ether oxygens (including phenoxy) is 1. The lowest BCUT2D eigenvalue weighted by Gasteiger charge is -2.19. The normalized spacial score (nSPS) is 11.5. The van der Waals surface area contributed by atoms with Crippen molar-refractivity contribution in [3.63, 3.8) is 0 Å². The molecule has 0 aliphatic rings. The van der Waals surface area contributed by atoms with Crippen LogP contribution >= 0.6 is 11.6 Å². The Kier molecular flexibility index (Phi) is 7.80. The molecule has 0 fully saturated rings. The number of nitrogens with zero attached hydrogens (tertiary/aromatic N) is 1. The summed E-state index contributed by atoms with van der Waals surface area (Å²) in [6, 6.07) is 11.7. The van der Waals surface area contributed by atoms with E-state index in [-0.39, 0.29) is 18.7 Å². The van der Waals surface area contributed by atoms with Crippen molar-refractivity contribution in [2.45, 2.75) is 25.9 Å². The summed E-state index contributed by atoms with van der Waals surface area (Å²) in [4.78, 5) is 37.0. The van der Waals surface area contributed by atoms with E-state index in [4.69, 9.17) is 16.3 Å². The number of hydrogen-bond acceptors (Lipinski definition) is 5. The molecule has 3 rings (SSSR count). The van der Waals surface area contributed by atoms with Gasteiger partial charge in [0.25, 0.3) is 5.56 Å². The Labute approximate surface area is 200 Å². The number of carboxylic acids is 1. The first kappa shape index (κ1) is 24.7. The number of urea groups is 1. The number of halogens is 1. The number of methoxy groups -OCH3 is 1. The smallest absolute Gasteiger partial charge is 0.319 e. The molecule has 1 aromatic heterocycles. The third-order valence-corrected chi connectivity index (χ3v) is 5.49. The third-order valence-electron chi connectivity index (χ3n) is 5.13. The molecule has 1 atom stereocenters.